The number of carbonyl (C=O) groups is 1. The monoisotopic (exact) mass is 314 g/mol. The lowest BCUT2D eigenvalue weighted by Gasteiger charge is -2.17. The molecule has 1 aromatic carbocycles. The smallest absolute Gasteiger partial charge is 0.284 e. The predicted octanol–water partition coefficient (Wildman–Crippen LogP) is 3.13. The Morgan fingerprint density at radius 1 is 1.39 bits per heavy atom. The molecule has 0 aliphatic rings. The predicted molar refractivity (Wildman–Crippen MR) is 72.6 cm³/mol. The third-order valence-corrected chi connectivity index (χ3v) is 3.61. The first kappa shape index (κ1) is 14.6. The van der Waals surface area contributed by atoms with Crippen LogP contribution in [0.5, 0.6) is 0 Å². The van der Waals surface area contributed by atoms with Gasteiger partial charge in [-0.1, -0.05) is 19.9 Å². The van der Waals surface area contributed by atoms with E-state index in [1.807, 2.05) is 20.8 Å². The van der Waals surface area contributed by atoms with Crippen molar-refractivity contribution >= 4 is 27.5 Å². The third-order valence-electron chi connectivity index (χ3n) is 2.78. The molecule has 18 heavy (non-hydrogen) atoms. The number of carbonyl (C=O) groups excluding carboxylic acids is 1. The maximum absolute atomic E-state index is 12.0. The van der Waals surface area contributed by atoms with E-state index in [4.69, 9.17) is 0 Å². The van der Waals surface area contributed by atoms with Gasteiger partial charge in [0.05, 0.1) is 10.5 Å². The fourth-order valence-electron chi connectivity index (χ4n) is 1.29. The summed E-state index contributed by atoms with van der Waals surface area (Å²) in [7, 11) is 0. The fourth-order valence-corrected chi connectivity index (χ4v) is 1.88. The van der Waals surface area contributed by atoms with Crippen molar-refractivity contribution in [2.45, 2.75) is 26.8 Å². The van der Waals surface area contributed by atoms with Gasteiger partial charge in [0.1, 0.15) is 4.47 Å². The van der Waals surface area contributed by atoms with Gasteiger partial charge in [0, 0.05) is 12.1 Å². The first-order chi connectivity index (χ1) is 8.34. The summed E-state index contributed by atoms with van der Waals surface area (Å²) in [6, 6.07) is 4.41. The zero-order chi connectivity index (χ0) is 13.9. The van der Waals surface area contributed by atoms with Crippen molar-refractivity contribution in [3.05, 3.63) is 38.3 Å². The first-order valence-corrected chi connectivity index (χ1v) is 6.37. The Morgan fingerprint density at radius 3 is 2.50 bits per heavy atom. The van der Waals surface area contributed by atoms with Crippen molar-refractivity contribution < 1.29 is 9.72 Å². The Labute approximate surface area is 114 Å². The number of benzene rings is 1. The number of nitro groups is 1. The van der Waals surface area contributed by atoms with E-state index in [9.17, 15) is 14.9 Å². The highest BCUT2D eigenvalue weighted by molar-refractivity contribution is 9.10. The topological polar surface area (TPSA) is 72.2 Å². The minimum Gasteiger partial charge on any atom is -0.349 e. The molecule has 0 radical (unpaired) electrons. The molecule has 1 unspecified atom stereocenters. The summed E-state index contributed by atoms with van der Waals surface area (Å²) in [5, 5.41) is 13.6. The largest absolute Gasteiger partial charge is 0.349 e. The number of nitro benzene ring substituents is 1. The molecule has 0 heterocycles. The van der Waals surface area contributed by atoms with E-state index in [0.717, 1.165) is 0 Å². The summed E-state index contributed by atoms with van der Waals surface area (Å²) < 4.78 is 0.212. The quantitative estimate of drug-likeness (QED) is 0.685. The highest BCUT2D eigenvalue weighted by atomic mass is 79.9. The minimum absolute atomic E-state index is 0.00339. The van der Waals surface area contributed by atoms with E-state index in [1.54, 1.807) is 6.07 Å². The molecule has 0 fully saturated rings. The van der Waals surface area contributed by atoms with E-state index < -0.39 is 4.92 Å². The second kappa shape index (κ2) is 5.95. The number of hydrogen-bond acceptors (Lipinski definition) is 3. The van der Waals surface area contributed by atoms with Crippen LogP contribution in [-0.2, 0) is 0 Å². The lowest BCUT2D eigenvalue weighted by atomic mass is 10.1. The Balaban J connectivity index is 3.00. The summed E-state index contributed by atoms with van der Waals surface area (Å²) in [5.74, 6) is -0.0156. The van der Waals surface area contributed by atoms with E-state index in [0.29, 0.717) is 5.92 Å². The summed E-state index contributed by atoms with van der Waals surface area (Å²) in [6.07, 6.45) is 0. The molecule has 1 aromatic rings. The van der Waals surface area contributed by atoms with Crippen LogP contribution in [0.25, 0.3) is 0 Å². The zero-order valence-corrected chi connectivity index (χ0v) is 12.0. The standard InChI is InChI=1S/C12H15BrN2O3/c1-7(2)8(3)14-12(16)9-5-4-6-10(11(9)13)15(17)18/h4-8H,1-3H3,(H,14,16). The average molecular weight is 315 g/mol. The van der Waals surface area contributed by atoms with Crippen molar-refractivity contribution in [2.24, 2.45) is 5.92 Å². The van der Waals surface area contributed by atoms with Crippen LogP contribution in [0.15, 0.2) is 22.7 Å². The SMILES string of the molecule is CC(C)C(C)NC(=O)c1cccc([N+](=O)[O-])c1Br. The van der Waals surface area contributed by atoms with Crippen molar-refractivity contribution in [1.29, 1.82) is 0 Å². The average Bonchev–Trinajstić information content (AvgIpc) is 2.28. The number of rotatable bonds is 4. The molecular weight excluding hydrogens is 300 g/mol. The Hall–Kier alpha value is -1.43. The first-order valence-electron chi connectivity index (χ1n) is 5.58. The number of nitrogens with one attached hydrogen (secondary N) is 1. The van der Waals surface area contributed by atoms with E-state index >= 15 is 0 Å². The number of hydrogen-bond donors (Lipinski definition) is 1. The van der Waals surface area contributed by atoms with E-state index in [1.165, 1.54) is 12.1 Å². The van der Waals surface area contributed by atoms with Crippen molar-refractivity contribution in [1.82, 2.24) is 5.32 Å². The molecule has 0 spiro atoms. The molecular formula is C12H15BrN2O3. The van der Waals surface area contributed by atoms with Crippen LogP contribution in [0.3, 0.4) is 0 Å². The van der Waals surface area contributed by atoms with Gasteiger partial charge in [-0.15, -0.1) is 0 Å². The molecule has 0 aliphatic heterocycles. The molecule has 98 valence electrons. The van der Waals surface area contributed by atoms with Gasteiger partial charge in [0.15, 0.2) is 0 Å². The van der Waals surface area contributed by atoms with Gasteiger partial charge in [0.25, 0.3) is 11.6 Å². The molecule has 6 heteroatoms. The maximum atomic E-state index is 12.0. The minimum atomic E-state index is -0.521. The molecule has 0 aliphatic carbocycles. The molecule has 1 atom stereocenters. The van der Waals surface area contributed by atoms with E-state index in [2.05, 4.69) is 21.2 Å². The molecule has 1 N–H and O–H groups in total. The lowest BCUT2D eigenvalue weighted by molar-refractivity contribution is -0.385. The van der Waals surface area contributed by atoms with Crippen molar-refractivity contribution in [3.8, 4) is 0 Å². The second-order valence-corrected chi connectivity index (χ2v) is 5.19. The summed E-state index contributed by atoms with van der Waals surface area (Å²) in [6.45, 7) is 5.88. The van der Waals surface area contributed by atoms with Crippen LogP contribution in [0, 0.1) is 16.0 Å². The van der Waals surface area contributed by atoms with Crippen LogP contribution in [0.1, 0.15) is 31.1 Å². The third kappa shape index (κ3) is 3.29. The Kier molecular flexibility index (Phi) is 4.84. The molecule has 5 nitrogen and oxygen atoms in total. The highest BCUT2D eigenvalue weighted by Gasteiger charge is 2.20. The molecule has 0 saturated heterocycles. The summed E-state index contributed by atoms with van der Waals surface area (Å²) in [5.41, 5.74) is 0.163. The van der Waals surface area contributed by atoms with Crippen LogP contribution in [0.2, 0.25) is 0 Å². The van der Waals surface area contributed by atoms with E-state index in [-0.39, 0.29) is 27.7 Å². The number of amides is 1. The molecule has 0 saturated carbocycles. The molecule has 1 rings (SSSR count). The van der Waals surface area contributed by atoms with Gasteiger partial charge in [-0.2, -0.15) is 0 Å². The van der Waals surface area contributed by atoms with Gasteiger partial charge >= 0.3 is 0 Å². The number of halogens is 1. The molecule has 0 bridgehead atoms. The van der Waals surface area contributed by atoms with Crippen LogP contribution in [0.4, 0.5) is 5.69 Å². The summed E-state index contributed by atoms with van der Waals surface area (Å²) >= 11 is 3.11. The molecule has 1 amide bonds. The van der Waals surface area contributed by atoms with Gasteiger partial charge in [-0.05, 0) is 34.8 Å². The van der Waals surface area contributed by atoms with Crippen LogP contribution < -0.4 is 5.32 Å². The van der Waals surface area contributed by atoms with Crippen molar-refractivity contribution in [3.63, 3.8) is 0 Å². The second-order valence-electron chi connectivity index (χ2n) is 4.40. The highest BCUT2D eigenvalue weighted by Crippen LogP contribution is 2.28. The van der Waals surface area contributed by atoms with Gasteiger partial charge in [-0.25, -0.2) is 0 Å². The van der Waals surface area contributed by atoms with Crippen LogP contribution in [-0.4, -0.2) is 16.9 Å². The van der Waals surface area contributed by atoms with Crippen LogP contribution >= 0.6 is 15.9 Å². The summed E-state index contributed by atoms with van der Waals surface area (Å²) in [4.78, 5) is 22.2. The van der Waals surface area contributed by atoms with Gasteiger partial charge < -0.3 is 5.32 Å². The van der Waals surface area contributed by atoms with Gasteiger partial charge in [-0.3, -0.25) is 14.9 Å². The Morgan fingerprint density at radius 2 is 2.00 bits per heavy atom. The fraction of sp³-hybridized carbons (Fsp3) is 0.417. The lowest BCUT2D eigenvalue weighted by Crippen LogP contribution is -2.36. The van der Waals surface area contributed by atoms with Crippen molar-refractivity contribution in [2.75, 3.05) is 0 Å². The maximum Gasteiger partial charge on any atom is 0.284 e. The zero-order valence-electron chi connectivity index (χ0n) is 10.4. The Bertz CT molecular complexity index is 474. The van der Waals surface area contributed by atoms with Gasteiger partial charge in [0.2, 0.25) is 0 Å². The number of nitrogens with zero attached hydrogens (tertiary/aromatic N) is 1. The normalized spacial score (nSPS) is 12.3. The molecule has 0 aromatic heterocycles.